The van der Waals surface area contributed by atoms with Gasteiger partial charge in [-0.1, -0.05) is 35.9 Å². The van der Waals surface area contributed by atoms with Crippen LogP contribution in [-0.2, 0) is 29.1 Å². The molecule has 274 valence electrons. The molecule has 0 unspecified atom stereocenters. The first-order chi connectivity index (χ1) is 25.7. The van der Waals surface area contributed by atoms with Crippen LogP contribution in [-0.4, -0.2) is 101 Å². The van der Waals surface area contributed by atoms with Crippen LogP contribution in [0.3, 0.4) is 0 Å². The molecule has 1 saturated heterocycles. The fourth-order valence-corrected chi connectivity index (χ4v) is 7.39. The number of rotatable bonds is 13. The van der Waals surface area contributed by atoms with Crippen LogP contribution in [0.25, 0.3) is 16.9 Å². The Kier molecular flexibility index (Phi) is 10.5. The van der Waals surface area contributed by atoms with E-state index in [9.17, 15) is 14.4 Å². The van der Waals surface area contributed by atoms with Gasteiger partial charge in [-0.2, -0.15) is 0 Å². The first-order valence-electron chi connectivity index (χ1n) is 17.6. The average molecular weight is 736 g/mol. The van der Waals surface area contributed by atoms with Crippen molar-refractivity contribution < 1.29 is 14.4 Å². The van der Waals surface area contributed by atoms with Crippen molar-refractivity contribution in [3.8, 4) is 11.3 Å². The summed E-state index contributed by atoms with van der Waals surface area (Å²) in [5.41, 5.74) is 14.6. The number of halogens is 1. The average Bonchev–Trinajstić information content (AvgIpc) is 3.81. The lowest BCUT2D eigenvalue weighted by Crippen LogP contribution is -2.45. The summed E-state index contributed by atoms with van der Waals surface area (Å²) in [6, 6.07) is 18.5. The van der Waals surface area contributed by atoms with Crippen LogP contribution in [0.4, 0.5) is 22.9 Å². The predicted octanol–water partition coefficient (Wildman–Crippen LogP) is 3.70. The van der Waals surface area contributed by atoms with Gasteiger partial charge in [0.25, 0.3) is 5.91 Å². The molecule has 3 aromatic heterocycles. The van der Waals surface area contributed by atoms with Crippen LogP contribution in [0.1, 0.15) is 33.6 Å². The zero-order valence-electron chi connectivity index (χ0n) is 29.8. The summed E-state index contributed by atoms with van der Waals surface area (Å²) in [6.45, 7) is 6.62. The number of imidazole rings is 1. The van der Waals surface area contributed by atoms with Crippen molar-refractivity contribution in [1.29, 1.82) is 0 Å². The van der Waals surface area contributed by atoms with E-state index in [1.165, 1.54) is 21.8 Å². The number of anilines is 4. The Bertz CT molecular complexity index is 2150. The summed E-state index contributed by atoms with van der Waals surface area (Å²) >= 11 is 6.49. The molecule has 5 aromatic rings. The lowest BCUT2D eigenvalue weighted by atomic mass is 10.0. The van der Waals surface area contributed by atoms with Crippen molar-refractivity contribution in [2.45, 2.75) is 25.9 Å². The number of piperazine rings is 1. The van der Waals surface area contributed by atoms with Crippen LogP contribution < -0.4 is 26.2 Å². The smallest absolute Gasteiger partial charge is 0.269 e. The second kappa shape index (κ2) is 15.6. The predicted molar refractivity (Wildman–Crippen MR) is 206 cm³/mol. The van der Waals surface area contributed by atoms with E-state index < -0.39 is 5.91 Å². The van der Waals surface area contributed by atoms with Crippen LogP contribution in [0, 0.1) is 0 Å². The maximum Gasteiger partial charge on any atom is 0.269 e. The number of nitrogens with zero attached hydrogens (tertiary/aromatic N) is 8. The molecular weight excluding hydrogens is 694 g/mol. The lowest BCUT2D eigenvalue weighted by Gasteiger charge is -2.35. The highest BCUT2D eigenvalue weighted by atomic mass is 35.5. The van der Waals surface area contributed by atoms with E-state index in [1.54, 1.807) is 0 Å². The van der Waals surface area contributed by atoms with E-state index in [-0.39, 0.29) is 18.0 Å². The van der Waals surface area contributed by atoms with E-state index >= 15 is 0 Å². The first-order valence-corrected chi connectivity index (χ1v) is 18.0. The molecule has 7 rings (SSSR count). The second-order valence-corrected chi connectivity index (χ2v) is 13.8. The van der Waals surface area contributed by atoms with Gasteiger partial charge >= 0.3 is 0 Å². The van der Waals surface area contributed by atoms with Gasteiger partial charge < -0.3 is 20.9 Å². The van der Waals surface area contributed by atoms with Crippen molar-refractivity contribution in [3.63, 3.8) is 0 Å². The summed E-state index contributed by atoms with van der Waals surface area (Å²) < 4.78 is 1.51. The van der Waals surface area contributed by atoms with Gasteiger partial charge in [0.05, 0.1) is 28.3 Å². The van der Waals surface area contributed by atoms with Crippen molar-refractivity contribution in [2.75, 3.05) is 68.5 Å². The van der Waals surface area contributed by atoms with Crippen molar-refractivity contribution in [3.05, 3.63) is 94.4 Å². The summed E-state index contributed by atoms with van der Waals surface area (Å²) in [5, 5.41) is 10.7. The molecule has 1 fully saturated rings. The van der Waals surface area contributed by atoms with Gasteiger partial charge in [0.2, 0.25) is 12.3 Å². The molecule has 4 N–H and O–H groups in total. The number of carbonyl (C=O) groups is 3. The first kappa shape index (κ1) is 35.8. The topological polar surface area (TPSA) is 157 Å². The molecule has 2 aliphatic heterocycles. The van der Waals surface area contributed by atoms with Gasteiger partial charge in [-0.05, 0) is 47.4 Å². The van der Waals surface area contributed by atoms with Gasteiger partial charge in [0.1, 0.15) is 5.69 Å². The molecule has 15 heteroatoms. The summed E-state index contributed by atoms with van der Waals surface area (Å²) in [4.78, 5) is 52.6. The minimum Gasteiger partial charge on any atom is -0.385 e. The van der Waals surface area contributed by atoms with Crippen molar-refractivity contribution in [1.82, 2.24) is 34.7 Å². The highest BCUT2D eigenvalue weighted by Crippen LogP contribution is 2.40. The third kappa shape index (κ3) is 7.65. The van der Waals surface area contributed by atoms with E-state index in [2.05, 4.69) is 66.7 Å². The maximum absolute atomic E-state index is 12.1. The maximum atomic E-state index is 12.1. The SMILES string of the molecule is CNc1cc(N2CCc3c(-c4ccc(CN5CCN(Cc6ccc(Cl)c(N(C)CCC(=O)NC=O)c6)CC5)cn4)cccc32)nn2c(C(N)=O)cnc12. The molecule has 2 aromatic carbocycles. The molecule has 14 nitrogen and oxygen atoms in total. The molecule has 2 aliphatic rings. The summed E-state index contributed by atoms with van der Waals surface area (Å²) in [7, 11) is 3.71. The molecule has 0 aliphatic carbocycles. The van der Waals surface area contributed by atoms with Crippen molar-refractivity contribution in [2.24, 2.45) is 5.73 Å². The quantitative estimate of drug-likeness (QED) is 0.152. The third-order valence-corrected chi connectivity index (χ3v) is 10.3. The minimum atomic E-state index is -0.585. The number of nitrogens with two attached hydrogens (primary N) is 1. The Morgan fingerprint density at radius 3 is 2.42 bits per heavy atom. The third-order valence-electron chi connectivity index (χ3n) is 9.97. The van der Waals surface area contributed by atoms with Gasteiger partial charge in [-0.25, -0.2) is 9.50 Å². The molecule has 53 heavy (non-hydrogen) atoms. The number of hydrogen-bond donors (Lipinski definition) is 3. The standard InChI is InChI=1S/C38H42ClN11O3/c1-41-31-19-35(45-50-34(37(40)53)21-43-38(31)50)49-13-10-28-27(4-3-5-32(28)49)30-9-7-26(20-42-30)23-48-16-14-47(15-17-48)22-25-6-8-29(39)33(18-25)46(2)12-11-36(52)44-24-51/h3-9,18-21,24,41H,10-17,22-23H2,1-2H3,(H2,40,53)(H,44,51,52). The highest BCUT2D eigenvalue weighted by Gasteiger charge is 2.27. The number of hydrogen-bond acceptors (Lipinski definition) is 11. The Hall–Kier alpha value is -5.57. The number of fused-ring (bicyclic) bond motifs is 2. The summed E-state index contributed by atoms with van der Waals surface area (Å²) in [5.74, 6) is -0.206. The number of primary amides is 1. The van der Waals surface area contributed by atoms with Crippen molar-refractivity contribution >= 4 is 58.4 Å². The minimum absolute atomic E-state index is 0.201. The highest BCUT2D eigenvalue weighted by molar-refractivity contribution is 6.33. The zero-order chi connectivity index (χ0) is 37.1. The van der Waals surface area contributed by atoms with Gasteiger partial charge in [-0.3, -0.25) is 34.5 Å². The molecule has 0 saturated carbocycles. The molecule has 0 atom stereocenters. The Balaban J connectivity index is 0.968. The van der Waals surface area contributed by atoms with E-state index in [0.29, 0.717) is 29.4 Å². The van der Waals surface area contributed by atoms with Crippen LogP contribution in [0.15, 0.2) is 67.0 Å². The normalized spacial score (nSPS) is 14.7. The second-order valence-electron chi connectivity index (χ2n) is 13.4. The Labute approximate surface area is 312 Å². The number of nitrogens with one attached hydrogen (secondary N) is 2. The van der Waals surface area contributed by atoms with Gasteiger partial charge in [0, 0.05) is 96.4 Å². The number of carbonyl (C=O) groups excluding carboxylic acids is 3. The lowest BCUT2D eigenvalue weighted by molar-refractivity contribution is -0.125. The van der Waals surface area contributed by atoms with Gasteiger partial charge in [0.15, 0.2) is 11.5 Å². The van der Waals surface area contributed by atoms with Crippen LogP contribution in [0.5, 0.6) is 0 Å². The molecule has 3 amide bonds. The number of benzene rings is 2. The van der Waals surface area contributed by atoms with E-state index in [0.717, 1.165) is 86.1 Å². The largest absolute Gasteiger partial charge is 0.385 e. The molecule has 5 heterocycles. The van der Waals surface area contributed by atoms with Crippen LogP contribution >= 0.6 is 11.6 Å². The molecule has 0 bridgehead atoms. The number of imide groups is 1. The number of amides is 3. The Morgan fingerprint density at radius 1 is 0.962 bits per heavy atom. The van der Waals surface area contributed by atoms with E-state index in [4.69, 9.17) is 27.4 Å². The van der Waals surface area contributed by atoms with E-state index in [1.807, 2.05) is 43.4 Å². The zero-order valence-corrected chi connectivity index (χ0v) is 30.5. The number of pyridine rings is 1. The fourth-order valence-electron chi connectivity index (χ4n) is 7.13. The monoisotopic (exact) mass is 735 g/mol. The molecule has 0 radical (unpaired) electrons. The molecule has 0 spiro atoms. The summed E-state index contributed by atoms with van der Waals surface area (Å²) in [6.07, 6.45) is 4.87. The van der Waals surface area contributed by atoms with Gasteiger partial charge in [-0.15, -0.1) is 5.10 Å². The number of aromatic nitrogens is 4. The Morgan fingerprint density at radius 2 is 1.72 bits per heavy atom. The molecular formula is C38H42ClN11O3. The van der Waals surface area contributed by atoms with Crippen LogP contribution in [0.2, 0.25) is 5.02 Å². The fraction of sp³-hybridized carbons (Fsp3) is 0.316.